The maximum atomic E-state index is 5.73. The number of hydrogen-bond donors (Lipinski definition) is 0. The number of hydrogen-bond acceptors (Lipinski definition) is 3. The molecule has 0 atom stereocenters. The summed E-state index contributed by atoms with van der Waals surface area (Å²) in [4.78, 5) is 8.65. The SMILES string of the molecule is CCOc1ccccc1-n1cnc(C)c1-c1cccnc1. The first-order valence-corrected chi connectivity index (χ1v) is 6.97. The summed E-state index contributed by atoms with van der Waals surface area (Å²) >= 11 is 0. The van der Waals surface area contributed by atoms with Crippen molar-refractivity contribution in [1.29, 1.82) is 0 Å². The Labute approximate surface area is 124 Å². The lowest BCUT2D eigenvalue weighted by molar-refractivity contribution is 0.339. The molecule has 4 nitrogen and oxygen atoms in total. The van der Waals surface area contributed by atoms with Crippen LogP contribution < -0.4 is 4.74 Å². The molecule has 4 heteroatoms. The maximum Gasteiger partial charge on any atom is 0.143 e. The van der Waals surface area contributed by atoms with Crippen molar-refractivity contribution in [1.82, 2.24) is 14.5 Å². The molecule has 0 radical (unpaired) electrons. The summed E-state index contributed by atoms with van der Waals surface area (Å²) < 4.78 is 7.78. The zero-order chi connectivity index (χ0) is 14.7. The smallest absolute Gasteiger partial charge is 0.143 e. The number of pyridine rings is 1. The van der Waals surface area contributed by atoms with Crippen molar-refractivity contribution in [2.45, 2.75) is 13.8 Å². The average molecular weight is 279 g/mol. The van der Waals surface area contributed by atoms with Crippen LogP contribution in [0.1, 0.15) is 12.6 Å². The first-order valence-electron chi connectivity index (χ1n) is 6.97. The van der Waals surface area contributed by atoms with Crippen LogP contribution in [0.25, 0.3) is 16.9 Å². The minimum absolute atomic E-state index is 0.632. The van der Waals surface area contributed by atoms with E-state index in [0.717, 1.165) is 28.4 Å². The van der Waals surface area contributed by atoms with Gasteiger partial charge in [-0.1, -0.05) is 12.1 Å². The van der Waals surface area contributed by atoms with Gasteiger partial charge in [-0.25, -0.2) is 4.98 Å². The molecule has 3 rings (SSSR count). The fourth-order valence-electron chi connectivity index (χ4n) is 2.40. The molecule has 1 aromatic carbocycles. The number of rotatable bonds is 4. The summed E-state index contributed by atoms with van der Waals surface area (Å²) in [6, 6.07) is 12.0. The Hall–Kier alpha value is -2.62. The van der Waals surface area contributed by atoms with Crippen LogP contribution in [-0.2, 0) is 0 Å². The van der Waals surface area contributed by atoms with Crippen molar-refractivity contribution in [2.24, 2.45) is 0 Å². The fraction of sp³-hybridized carbons (Fsp3) is 0.176. The molecule has 0 amide bonds. The largest absolute Gasteiger partial charge is 0.492 e. The summed E-state index contributed by atoms with van der Waals surface area (Å²) in [5, 5.41) is 0. The summed E-state index contributed by atoms with van der Waals surface area (Å²) in [5.41, 5.74) is 4.03. The highest BCUT2D eigenvalue weighted by atomic mass is 16.5. The molecular formula is C17H17N3O. The lowest BCUT2D eigenvalue weighted by Crippen LogP contribution is -2.01. The molecule has 3 aromatic rings. The van der Waals surface area contributed by atoms with Gasteiger partial charge < -0.3 is 4.74 Å². The van der Waals surface area contributed by atoms with Crippen LogP contribution in [-0.4, -0.2) is 21.1 Å². The highest BCUT2D eigenvalue weighted by Crippen LogP contribution is 2.30. The van der Waals surface area contributed by atoms with Crippen LogP contribution in [0.2, 0.25) is 0 Å². The Bertz CT molecular complexity index is 735. The zero-order valence-electron chi connectivity index (χ0n) is 12.2. The second-order valence-corrected chi connectivity index (χ2v) is 4.69. The van der Waals surface area contributed by atoms with E-state index in [0.29, 0.717) is 6.61 Å². The van der Waals surface area contributed by atoms with Gasteiger partial charge in [0, 0.05) is 18.0 Å². The van der Waals surface area contributed by atoms with Crippen molar-refractivity contribution >= 4 is 0 Å². The normalized spacial score (nSPS) is 10.6. The van der Waals surface area contributed by atoms with Gasteiger partial charge in [0.25, 0.3) is 0 Å². The minimum Gasteiger partial charge on any atom is -0.492 e. The summed E-state index contributed by atoms with van der Waals surface area (Å²) in [7, 11) is 0. The molecule has 2 heterocycles. The molecule has 0 unspecified atom stereocenters. The summed E-state index contributed by atoms with van der Waals surface area (Å²) in [6.07, 6.45) is 5.45. The Balaban J connectivity index is 2.17. The standard InChI is InChI=1S/C17H17N3O/c1-3-21-16-9-5-4-8-15(16)20-12-19-13(2)17(20)14-7-6-10-18-11-14/h4-12H,3H2,1-2H3. The number of ether oxygens (including phenoxy) is 1. The van der Waals surface area contributed by atoms with E-state index in [1.165, 1.54) is 0 Å². The Morgan fingerprint density at radius 2 is 2.00 bits per heavy atom. The van der Waals surface area contributed by atoms with E-state index < -0.39 is 0 Å². The third kappa shape index (κ3) is 2.52. The third-order valence-corrected chi connectivity index (χ3v) is 3.31. The minimum atomic E-state index is 0.632. The number of imidazole rings is 1. The van der Waals surface area contributed by atoms with Crippen molar-refractivity contribution in [2.75, 3.05) is 6.61 Å². The van der Waals surface area contributed by atoms with Gasteiger partial charge in [-0.05, 0) is 38.1 Å². The second-order valence-electron chi connectivity index (χ2n) is 4.69. The topological polar surface area (TPSA) is 39.9 Å². The molecule has 0 spiro atoms. The molecule has 0 aliphatic heterocycles. The number of nitrogens with zero attached hydrogens (tertiary/aromatic N) is 3. The molecule has 0 aliphatic rings. The molecule has 0 bridgehead atoms. The van der Waals surface area contributed by atoms with Gasteiger partial charge in [-0.3, -0.25) is 9.55 Å². The van der Waals surface area contributed by atoms with Crippen LogP contribution in [0.4, 0.5) is 0 Å². The Morgan fingerprint density at radius 3 is 2.76 bits per heavy atom. The van der Waals surface area contributed by atoms with Crippen molar-refractivity contribution in [3.05, 3.63) is 60.8 Å². The first kappa shape index (κ1) is 13.4. The highest BCUT2D eigenvalue weighted by Gasteiger charge is 2.14. The van der Waals surface area contributed by atoms with E-state index in [4.69, 9.17) is 4.74 Å². The van der Waals surface area contributed by atoms with Crippen LogP contribution >= 0.6 is 0 Å². The van der Waals surface area contributed by atoms with Gasteiger partial charge >= 0.3 is 0 Å². The number of benzene rings is 1. The van der Waals surface area contributed by atoms with E-state index in [2.05, 4.69) is 14.5 Å². The quantitative estimate of drug-likeness (QED) is 0.732. The first-order chi connectivity index (χ1) is 10.3. The summed E-state index contributed by atoms with van der Waals surface area (Å²) in [5.74, 6) is 0.850. The monoisotopic (exact) mass is 279 g/mol. The molecule has 0 N–H and O–H groups in total. The van der Waals surface area contributed by atoms with E-state index in [9.17, 15) is 0 Å². The van der Waals surface area contributed by atoms with E-state index in [1.54, 1.807) is 6.20 Å². The third-order valence-electron chi connectivity index (χ3n) is 3.31. The zero-order valence-corrected chi connectivity index (χ0v) is 12.2. The van der Waals surface area contributed by atoms with Crippen molar-refractivity contribution < 1.29 is 4.74 Å². The number of aryl methyl sites for hydroxylation is 1. The summed E-state index contributed by atoms with van der Waals surface area (Å²) in [6.45, 7) is 4.62. The van der Waals surface area contributed by atoms with Gasteiger partial charge in [0.1, 0.15) is 12.1 Å². The van der Waals surface area contributed by atoms with Crippen molar-refractivity contribution in [3.63, 3.8) is 0 Å². The molecule has 0 saturated carbocycles. The van der Waals surface area contributed by atoms with Gasteiger partial charge in [0.15, 0.2) is 0 Å². The van der Waals surface area contributed by atoms with Crippen LogP contribution in [0, 0.1) is 6.92 Å². The Kier molecular flexibility index (Phi) is 3.69. The molecular weight excluding hydrogens is 262 g/mol. The molecule has 0 aliphatic carbocycles. The second kappa shape index (κ2) is 5.79. The van der Waals surface area contributed by atoms with Crippen LogP contribution in [0.5, 0.6) is 5.75 Å². The van der Waals surface area contributed by atoms with E-state index >= 15 is 0 Å². The van der Waals surface area contributed by atoms with Gasteiger partial charge in [-0.15, -0.1) is 0 Å². The average Bonchev–Trinajstić information content (AvgIpc) is 2.91. The van der Waals surface area contributed by atoms with Gasteiger partial charge in [0.2, 0.25) is 0 Å². The molecule has 21 heavy (non-hydrogen) atoms. The molecule has 0 fully saturated rings. The molecule has 2 aromatic heterocycles. The highest BCUT2D eigenvalue weighted by molar-refractivity contribution is 5.65. The Morgan fingerprint density at radius 1 is 1.14 bits per heavy atom. The van der Waals surface area contributed by atoms with E-state index in [-0.39, 0.29) is 0 Å². The van der Waals surface area contributed by atoms with Crippen LogP contribution in [0.15, 0.2) is 55.1 Å². The maximum absolute atomic E-state index is 5.73. The van der Waals surface area contributed by atoms with E-state index in [1.807, 2.05) is 62.8 Å². The predicted octanol–water partition coefficient (Wildman–Crippen LogP) is 3.64. The van der Waals surface area contributed by atoms with Gasteiger partial charge in [-0.2, -0.15) is 0 Å². The van der Waals surface area contributed by atoms with Crippen molar-refractivity contribution in [3.8, 4) is 22.7 Å². The fourth-order valence-corrected chi connectivity index (χ4v) is 2.40. The molecule has 106 valence electrons. The predicted molar refractivity (Wildman–Crippen MR) is 82.7 cm³/mol. The molecule has 0 saturated heterocycles. The number of aromatic nitrogens is 3. The lowest BCUT2D eigenvalue weighted by atomic mass is 10.1. The van der Waals surface area contributed by atoms with Gasteiger partial charge in [0.05, 0.1) is 23.7 Å². The number of para-hydroxylation sites is 2. The van der Waals surface area contributed by atoms with Crippen LogP contribution in [0.3, 0.4) is 0 Å². The lowest BCUT2D eigenvalue weighted by Gasteiger charge is -2.13.